The fourth-order valence-electron chi connectivity index (χ4n) is 2.98. The van der Waals surface area contributed by atoms with Gasteiger partial charge in [-0.05, 0) is 67.2 Å². The minimum absolute atomic E-state index is 0.124. The summed E-state index contributed by atoms with van der Waals surface area (Å²) in [4.78, 5) is 24.8. The number of ether oxygens (including phenoxy) is 2. The average molecular weight is 478 g/mol. The van der Waals surface area contributed by atoms with Gasteiger partial charge in [0.05, 0.1) is 0 Å². The molecule has 0 aromatic heterocycles. The molecule has 34 heavy (non-hydrogen) atoms. The maximum Gasteiger partial charge on any atom is 0.257 e. The second-order valence-electron chi connectivity index (χ2n) is 7.28. The number of carbonyl (C=O) groups excluding carboxylic acids is 2. The third-order valence-electron chi connectivity index (χ3n) is 4.61. The third-order valence-corrected chi connectivity index (χ3v) is 4.81. The highest BCUT2D eigenvalue weighted by atomic mass is 32.1. The van der Waals surface area contributed by atoms with E-state index in [9.17, 15) is 9.59 Å². The first-order valence-electron chi connectivity index (χ1n) is 11.0. The van der Waals surface area contributed by atoms with Gasteiger partial charge in [-0.2, -0.15) is 0 Å². The summed E-state index contributed by atoms with van der Waals surface area (Å²) in [5, 5.41) is 8.53. The Morgan fingerprint density at radius 1 is 0.794 bits per heavy atom. The lowest BCUT2D eigenvalue weighted by atomic mass is 10.2. The van der Waals surface area contributed by atoms with Crippen LogP contribution >= 0.6 is 12.2 Å². The van der Waals surface area contributed by atoms with E-state index in [1.807, 2.05) is 37.3 Å². The Bertz CT molecular complexity index is 1120. The van der Waals surface area contributed by atoms with Crippen LogP contribution in [0.1, 0.15) is 34.1 Å². The molecule has 176 valence electrons. The van der Waals surface area contributed by atoms with Gasteiger partial charge in [-0.1, -0.05) is 37.3 Å². The van der Waals surface area contributed by atoms with Crippen molar-refractivity contribution in [3.63, 3.8) is 0 Å². The molecular formula is C26H27N3O4S. The van der Waals surface area contributed by atoms with E-state index in [0.717, 1.165) is 12.2 Å². The number of thiocarbonyl (C=S) groups is 1. The predicted molar refractivity (Wildman–Crippen MR) is 137 cm³/mol. The van der Waals surface area contributed by atoms with Crippen LogP contribution in [0.4, 0.5) is 5.69 Å². The van der Waals surface area contributed by atoms with Crippen molar-refractivity contribution in [3.8, 4) is 11.5 Å². The van der Waals surface area contributed by atoms with E-state index in [-0.39, 0.29) is 16.9 Å². The van der Waals surface area contributed by atoms with E-state index in [1.165, 1.54) is 0 Å². The summed E-state index contributed by atoms with van der Waals surface area (Å²) in [5.41, 5.74) is 1.51. The molecule has 3 aromatic rings. The standard InChI is InChI=1S/C26H27N3O4S/c1-2-14-27-24(30)19-8-6-10-21(17-19)28-26(34)29-25(31)20-9-7-13-23(18-20)33-16-15-32-22-11-4-3-5-12-22/h3-13,17-18H,2,14-16H2,1H3,(H,27,30)(H2,28,29,31,34). The van der Waals surface area contributed by atoms with E-state index in [0.29, 0.717) is 42.3 Å². The number of hydrogen-bond donors (Lipinski definition) is 3. The fraction of sp³-hybridized carbons (Fsp3) is 0.192. The highest BCUT2D eigenvalue weighted by molar-refractivity contribution is 7.80. The predicted octanol–water partition coefficient (Wildman–Crippen LogP) is 4.41. The van der Waals surface area contributed by atoms with Crippen molar-refractivity contribution in [1.82, 2.24) is 10.6 Å². The number of anilines is 1. The number of hydrogen-bond acceptors (Lipinski definition) is 5. The van der Waals surface area contributed by atoms with Crippen molar-refractivity contribution < 1.29 is 19.1 Å². The van der Waals surface area contributed by atoms with Gasteiger partial charge in [0, 0.05) is 23.4 Å². The van der Waals surface area contributed by atoms with Gasteiger partial charge in [0.15, 0.2) is 5.11 Å². The van der Waals surface area contributed by atoms with Gasteiger partial charge in [-0.25, -0.2) is 0 Å². The first-order chi connectivity index (χ1) is 16.5. The third kappa shape index (κ3) is 7.90. The molecule has 3 aromatic carbocycles. The highest BCUT2D eigenvalue weighted by Crippen LogP contribution is 2.15. The largest absolute Gasteiger partial charge is 0.490 e. The monoisotopic (exact) mass is 477 g/mol. The van der Waals surface area contributed by atoms with Gasteiger partial charge in [0.2, 0.25) is 0 Å². The molecule has 8 heteroatoms. The minimum Gasteiger partial charge on any atom is -0.490 e. The van der Waals surface area contributed by atoms with Gasteiger partial charge in [0.25, 0.3) is 11.8 Å². The molecule has 0 saturated carbocycles. The van der Waals surface area contributed by atoms with Crippen LogP contribution < -0.4 is 25.4 Å². The number of para-hydroxylation sites is 1. The van der Waals surface area contributed by atoms with Crippen LogP contribution in [0.15, 0.2) is 78.9 Å². The van der Waals surface area contributed by atoms with Crippen LogP contribution in [0.3, 0.4) is 0 Å². The van der Waals surface area contributed by atoms with E-state index in [1.54, 1.807) is 48.5 Å². The Labute approximate surface area is 204 Å². The maximum atomic E-state index is 12.6. The van der Waals surface area contributed by atoms with Crippen molar-refractivity contribution >= 4 is 34.8 Å². The van der Waals surface area contributed by atoms with Crippen LogP contribution in [0.2, 0.25) is 0 Å². The summed E-state index contributed by atoms with van der Waals surface area (Å²) in [5.74, 6) is 0.785. The van der Waals surface area contributed by atoms with Gasteiger partial charge >= 0.3 is 0 Å². The van der Waals surface area contributed by atoms with Crippen molar-refractivity contribution in [2.75, 3.05) is 25.1 Å². The summed E-state index contributed by atoms with van der Waals surface area (Å²) in [7, 11) is 0. The Balaban J connectivity index is 1.49. The zero-order valence-electron chi connectivity index (χ0n) is 18.9. The molecule has 7 nitrogen and oxygen atoms in total. The van der Waals surface area contributed by atoms with E-state index in [4.69, 9.17) is 21.7 Å². The molecule has 0 aliphatic carbocycles. The van der Waals surface area contributed by atoms with E-state index >= 15 is 0 Å². The van der Waals surface area contributed by atoms with E-state index in [2.05, 4.69) is 16.0 Å². The highest BCUT2D eigenvalue weighted by Gasteiger charge is 2.11. The summed E-state index contributed by atoms with van der Waals surface area (Å²) in [6, 6.07) is 23.2. The van der Waals surface area contributed by atoms with Crippen LogP contribution in [0.25, 0.3) is 0 Å². The summed E-state index contributed by atoms with van der Waals surface area (Å²) in [6.45, 7) is 3.31. The number of carbonyl (C=O) groups is 2. The van der Waals surface area contributed by atoms with Crippen molar-refractivity contribution in [2.45, 2.75) is 13.3 Å². The van der Waals surface area contributed by atoms with Crippen LogP contribution in [-0.2, 0) is 0 Å². The lowest BCUT2D eigenvalue weighted by Crippen LogP contribution is -2.34. The van der Waals surface area contributed by atoms with Gasteiger partial charge < -0.3 is 20.1 Å². The number of benzene rings is 3. The Hall–Kier alpha value is -3.91. The molecule has 2 amide bonds. The van der Waals surface area contributed by atoms with Crippen molar-refractivity contribution in [2.24, 2.45) is 0 Å². The molecule has 0 bridgehead atoms. The van der Waals surface area contributed by atoms with Gasteiger partial charge in [0.1, 0.15) is 24.7 Å². The minimum atomic E-state index is -0.375. The molecule has 0 saturated heterocycles. The molecule has 0 aliphatic heterocycles. The molecule has 3 N–H and O–H groups in total. The SMILES string of the molecule is CCCNC(=O)c1cccc(NC(=S)NC(=O)c2cccc(OCCOc3ccccc3)c2)c1. The van der Waals surface area contributed by atoms with Crippen LogP contribution in [0, 0.1) is 0 Å². The Kier molecular flexibility index (Phi) is 9.42. The molecule has 0 aliphatic rings. The van der Waals surface area contributed by atoms with Gasteiger partial charge in [-0.15, -0.1) is 0 Å². The molecule has 0 fully saturated rings. The zero-order chi connectivity index (χ0) is 24.2. The number of amides is 2. The van der Waals surface area contributed by atoms with Gasteiger partial charge in [-0.3, -0.25) is 14.9 Å². The quantitative estimate of drug-likeness (QED) is 0.296. The molecular weight excluding hydrogens is 450 g/mol. The normalized spacial score (nSPS) is 10.1. The lowest BCUT2D eigenvalue weighted by Gasteiger charge is -2.12. The van der Waals surface area contributed by atoms with Crippen molar-refractivity contribution in [1.29, 1.82) is 0 Å². The number of rotatable bonds is 10. The Morgan fingerprint density at radius 2 is 1.44 bits per heavy atom. The van der Waals surface area contributed by atoms with E-state index < -0.39 is 0 Å². The number of nitrogens with one attached hydrogen (secondary N) is 3. The molecule has 0 radical (unpaired) electrons. The second kappa shape index (κ2) is 13.0. The summed E-state index contributed by atoms with van der Waals surface area (Å²) < 4.78 is 11.3. The van der Waals surface area contributed by atoms with Crippen LogP contribution in [0.5, 0.6) is 11.5 Å². The smallest absolute Gasteiger partial charge is 0.257 e. The topological polar surface area (TPSA) is 88.7 Å². The second-order valence-corrected chi connectivity index (χ2v) is 7.69. The first kappa shape index (κ1) is 24.7. The zero-order valence-corrected chi connectivity index (χ0v) is 19.7. The first-order valence-corrected chi connectivity index (χ1v) is 11.4. The fourth-order valence-corrected chi connectivity index (χ4v) is 3.19. The Morgan fingerprint density at radius 3 is 2.18 bits per heavy atom. The summed E-state index contributed by atoms with van der Waals surface area (Å²) in [6.07, 6.45) is 0.855. The maximum absolute atomic E-state index is 12.6. The molecule has 0 unspecified atom stereocenters. The van der Waals surface area contributed by atoms with Crippen molar-refractivity contribution in [3.05, 3.63) is 90.0 Å². The molecule has 0 heterocycles. The average Bonchev–Trinajstić information content (AvgIpc) is 2.86. The van der Waals surface area contributed by atoms with Crippen LogP contribution in [-0.4, -0.2) is 36.7 Å². The molecule has 0 atom stereocenters. The lowest BCUT2D eigenvalue weighted by molar-refractivity contribution is 0.0951. The summed E-state index contributed by atoms with van der Waals surface area (Å²) >= 11 is 5.26. The molecule has 0 spiro atoms. The molecule has 3 rings (SSSR count).